The van der Waals surface area contributed by atoms with Gasteiger partial charge >= 0.3 is 0 Å². The van der Waals surface area contributed by atoms with Gasteiger partial charge in [0, 0.05) is 15.7 Å². The molecule has 0 aliphatic heterocycles. The molecule has 0 aliphatic carbocycles. The maximum atomic E-state index is 6.21. The summed E-state index contributed by atoms with van der Waals surface area (Å²) in [5.74, 6) is 0. The van der Waals surface area contributed by atoms with Gasteiger partial charge in [-0.1, -0.05) is 23.2 Å². The largest absolute Gasteiger partial charge is 0.377 e. The molecule has 0 bridgehead atoms. The first-order chi connectivity index (χ1) is 8.97. The van der Waals surface area contributed by atoms with Crippen LogP contribution in [0.4, 0.5) is 5.69 Å². The first kappa shape index (κ1) is 14.2. The van der Waals surface area contributed by atoms with Crippen molar-refractivity contribution in [1.82, 2.24) is 4.98 Å². The number of hydrogen-bond acceptors (Lipinski definition) is 2. The standard InChI is InChI=1S/C15H16Cl2N2/c1-9-4-7-15(11(3)18-9)19-10(2)13-8-12(16)5-6-14(13)17/h4-8,10,19H,1-3H3. The van der Waals surface area contributed by atoms with Gasteiger partial charge in [-0.2, -0.15) is 0 Å². The van der Waals surface area contributed by atoms with Crippen LogP contribution in [0.2, 0.25) is 10.0 Å². The van der Waals surface area contributed by atoms with Crippen LogP contribution >= 0.6 is 23.2 Å². The van der Waals surface area contributed by atoms with E-state index in [-0.39, 0.29) is 6.04 Å². The maximum Gasteiger partial charge on any atom is 0.0607 e. The van der Waals surface area contributed by atoms with Crippen molar-refractivity contribution in [3.8, 4) is 0 Å². The topological polar surface area (TPSA) is 24.9 Å². The van der Waals surface area contributed by atoms with Gasteiger partial charge in [0.25, 0.3) is 0 Å². The van der Waals surface area contributed by atoms with Crippen LogP contribution in [-0.4, -0.2) is 4.98 Å². The average molecular weight is 295 g/mol. The van der Waals surface area contributed by atoms with Gasteiger partial charge in [-0.25, -0.2) is 0 Å². The van der Waals surface area contributed by atoms with Crippen molar-refractivity contribution in [2.75, 3.05) is 5.32 Å². The molecule has 2 rings (SSSR count). The number of aryl methyl sites for hydroxylation is 2. The summed E-state index contributed by atoms with van der Waals surface area (Å²) >= 11 is 12.2. The SMILES string of the molecule is Cc1ccc(NC(C)c2cc(Cl)ccc2Cl)c(C)n1. The number of halogens is 2. The minimum Gasteiger partial charge on any atom is -0.377 e. The molecule has 2 nitrogen and oxygen atoms in total. The van der Waals surface area contributed by atoms with Crippen LogP contribution in [0.25, 0.3) is 0 Å². The molecule has 0 saturated heterocycles. The Morgan fingerprint density at radius 2 is 1.84 bits per heavy atom. The summed E-state index contributed by atoms with van der Waals surface area (Å²) in [6.07, 6.45) is 0. The van der Waals surface area contributed by atoms with Crippen molar-refractivity contribution in [2.45, 2.75) is 26.8 Å². The monoisotopic (exact) mass is 294 g/mol. The summed E-state index contributed by atoms with van der Waals surface area (Å²) in [4.78, 5) is 4.44. The number of benzene rings is 1. The summed E-state index contributed by atoms with van der Waals surface area (Å²) in [7, 11) is 0. The molecule has 0 aliphatic rings. The fraction of sp³-hybridized carbons (Fsp3) is 0.267. The molecule has 1 heterocycles. The van der Waals surface area contributed by atoms with Crippen LogP contribution in [0.3, 0.4) is 0 Å². The fourth-order valence-electron chi connectivity index (χ4n) is 2.00. The van der Waals surface area contributed by atoms with Crippen LogP contribution in [0.15, 0.2) is 30.3 Å². The van der Waals surface area contributed by atoms with Gasteiger partial charge in [0.15, 0.2) is 0 Å². The molecular formula is C15H16Cl2N2. The van der Waals surface area contributed by atoms with E-state index in [4.69, 9.17) is 23.2 Å². The van der Waals surface area contributed by atoms with Crippen molar-refractivity contribution in [3.63, 3.8) is 0 Å². The molecule has 1 N–H and O–H groups in total. The Labute approximate surface area is 123 Å². The van der Waals surface area contributed by atoms with Crippen LogP contribution < -0.4 is 5.32 Å². The van der Waals surface area contributed by atoms with E-state index in [1.165, 1.54) is 0 Å². The third-order valence-corrected chi connectivity index (χ3v) is 3.60. The Kier molecular flexibility index (Phi) is 4.33. The molecular weight excluding hydrogens is 279 g/mol. The number of pyridine rings is 1. The second-order valence-electron chi connectivity index (χ2n) is 4.62. The molecule has 0 saturated carbocycles. The van der Waals surface area contributed by atoms with Crippen LogP contribution in [0, 0.1) is 13.8 Å². The normalized spacial score (nSPS) is 12.3. The van der Waals surface area contributed by atoms with Crippen molar-refractivity contribution >= 4 is 28.9 Å². The van der Waals surface area contributed by atoms with Crippen molar-refractivity contribution in [3.05, 3.63) is 57.3 Å². The third kappa shape index (κ3) is 3.40. The zero-order valence-corrected chi connectivity index (χ0v) is 12.7. The number of rotatable bonds is 3. The summed E-state index contributed by atoms with van der Waals surface area (Å²) < 4.78 is 0. The third-order valence-electron chi connectivity index (χ3n) is 3.02. The lowest BCUT2D eigenvalue weighted by atomic mass is 10.1. The number of nitrogens with zero attached hydrogens (tertiary/aromatic N) is 1. The van der Waals surface area contributed by atoms with E-state index < -0.39 is 0 Å². The van der Waals surface area contributed by atoms with Crippen LogP contribution in [0.5, 0.6) is 0 Å². The molecule has 0 fully saturated rings. The van der Waals surface area contributed by atoms with Crippen molar-refractivity contribution in [1.29, 1.82) is 0 Å². The molecule has 1 unspecified atom stereocenters. The highest BCUT2D eigenvalue weighted by Gasteiger charge is 2.11. The predicted molar refractivity (Wildman–Crippen MR) is 82.2 cm³/mol. The highest BCUT2D eigenvalue weighted by molar-refractivity contribution is 6.33. The zero-order valence-electron chi connectivity index (χ0n) is 11.2. The smallest absolute Gasteiger partial charge is 0.0607 e. The van der Waals surface area contributed by atoms with Crippen LogP contribution in [0.1, 0.15) is 29.9 Å². The van der Waals surface area contributed by atoms with Gasteiger partial charge in [0.1, 0.15) is 0 Å². The molecule has 19 heavy (non-hydrogen) atoms. The van der Waals surface area contributed by atoms with E-state index in [0.717, 1.165) is 22.6 Å². The molecule has 1 aromatic heterocycles. The molecule has 100 valence electrons. The Balaban J connectivity index is 2.25. The Morgan fingerprint density at radius 1 is 1.11 bits per heavy atom. The number of hydrogen-bond donors (Lipinski definition) is 1. The lowest BCUT2D eigenvalue weighted by Gasteiger charge is -2.18. The summed E-state index contributed by atoms with van der Waals surface area (Å²) in [6, 6.07) is 9.58. The number of anilines is 1. The van der Waals surface area contributed by atoms with E-state index in [1.807, 2.05) is 38.1 Å². The van der Waals surface area contributed by atoms with Gasteiger partial charge in [-0.3, -0.25) is 4.98 Å². The summed E-state index contributed by atoms with van der Waals surface area (Å²) in [5, 5.41) is 4.81. The molecule has 0 amide bonds. The molecule has 0 radical (unpaired) electrons. The van der Waals surface area contributed by atoms with E-state index in [9.17, 15) is 0 Å². The predicted octanol–water partition coefficient (Wildman–Crippen LogP) is 5.18. The van der Waals surface area contributed by atoms with E-state index in [0.29, 0.717) is 10.0 Å². The molecule has 1 aromatic carbocycles. The molecule has 0 spiro atoms. The van der Waals surface area contributed by atoms with Gasteiger partial charge in [0.05, 0.1) is 17.4 Å². The fourth-order valence-corrected chi connectivity index (χ4v) is 2.46. The van der Waals surface area contributed by atoms with Gasteiger partial charge < -0.3 is 5.32 Å². The van der Waals surface area contributed by atoms with Crippen LogP contribution in [-0.2, 0) is 0 Å². The van der Waals surface area contributed by atoms with E-state index >= 15 is 0 Å². The lowest BCUT2D eigenvalue weighted by Crippen LogP contribution is -2.09. The summed E-state index contributed by atoms with van der Waals surface area (Å²) in [6.45, 7) is 6.02. The number of nitrogens with one attached hydrogen (secondary N) is 1. The molecule has 1 atom stereocenters. The highest BCUT2D eigenvalue weighted by Crippen LogP contribution is 2.29. The number of aromatic nitrogens is 1. The Morgan fingerprint density at radius 3 is 2.53 bits per heavy atom. The minimum atomic E-state index is 0.0643. The van der Waals surface area contributed by atoms with Crippen molar-refractivity contribution < 1.29 is 0 Å². The Bertz CT molecular complexity index is 597. The maximum absolute atomic E-state index is 6.21. The second-order valence-corrected chi connectivity index (χ2v) is 5.46. The van der Waals surface area contributed by atoms with E-state index in [1.54, 1.807) is 6.07 Å². The molecule has 2 aromatic rings. The summed E-state index contributed by atoms with van der Waals surface area (Å²) in [5.41, 5.74) is 3.98. The second kappa shape index (κ2) is 5.81. The highest BCUT2D eigenvalue weighted by atomic mass is 35.5. The minimum absolute atomic E-state index is 0.0643. The quantitative estimate of drug-likeness (QED) is 0.844. The first-order valence-corrected chi connectivity index (χ1v) is 6.88. The van der Waals surface area contributed by atoms with E-state index in [2.05, 4.69) is 17.2 Å². The lowest BCUT2D eigenvalue weighted by molar-refractivity contribution is 0.878. The average Bonchev–Trinajstić information content (AvgIpc) is 2.35. The van der Waals surface area contributed by atoms with Crippen molar-refractivity contribution in [2.24, 2.45) is 0 Å². The van der Waals surface area contributed by atoms with Gasteiger partial charge in [-0.05, 0) is 56.7 Å². The first-order valence-electron chi connectivity index (χ1n) is 6.13. The zero-order chi connectivity index (χ0) is 14.0. The molecule has 4 heteroatoms. The van der Waals surface area contributed by atoms with Gasteiger partial charge in [-0.15, -0.1) is 0 Å². The van der Waals surface area contributed by atoms with Gasteiger partial charge in [0.2, 0.25) is 0 Å². The Hall–Kier alpha value is -1.25.